The van der Waals surface area contributed by atoms with E-state index in [1.165, 1.54) is 0 Å². The number of aromatic nitrogens is 2. The third kappa shape index (κ3) is 4.19. The monoisotopic (exact) mass is 355 g/mol. The van der Waals surface area contributed by atoms with Gasteiger partial charge in [-0.2, -0.15) is 5.10 Å². The largest absolute Gasteiger partial charge is 0.492 e. The van der Waals surface area contributed by atoms with Gasteiger partial charge in [-0.25, -0.2) is 4.68 Å². The summed E-state index contributed by atoms with van der Waals surface area (Å²) in [5, 5.41) is 7.75. The van der Waals surface area contributed by atoms with Crippen molar-refractivity contribution >= 4 is 17.5 Å². The van der Waals surface area contributed by atoms with Gasteiger partial charge in [0.1, 0.15) is 12.4 Å². The van der Waals surface area contributed by atoms with Crippen LogP contribution in [0.3, 0.4) is 0 Å². The molecule has 6 heteroatoms. The zero-order valence-electron chi connectivity index (χ0n) is 13.8. The van der Waals surface area contributed by atoms with Gasteiger partial charge in [0, 0.05) is 5.02 Å². The van der Waals surface area contributed by atoms with Crippen molar-refractivity contribution in [3.63, 3.8) is 0 Å². The molecule has 0 aliphatic rings. The van der Waals surface area contributed by atoms with Gasteiger partial charge in [0.15, 0.2) is 0 Å². The summed E-state index contributed by atoms with van der Waals surface area (Å²) in [6, 6.07) is 16.8. The summed E-state index contributed by atoms with van der Waals surface area (Å²) in [5.41, 5.74) is 2.10. The SMILES string of the molecule is Cc1c(C(=O)NCCOc2ccccc2)cnn1-c1cccc(Cl)c1. The Morgan fingerprint density at radius 2 is 2.00 bits per heavy atom. The lowest BCUT2D eigenvalue weighted by atomic mass is 10.2. The van der Waals surface area contributed by atoms with Crippen LogP contribution in [0, 0.1) is 6.92 Å². The highest BCUT2D eigenvalue weighted by molar-refractivity contribution is 6.30. The highest BCUT2D eigenvalue weighted by Gasteiger charge is 2.14. The molecule has 1 amide bonds. The van der Waals surface area contributed by atoms with Gasteiger partial charge in [0.05, 0.1) is 29.7 Å². The molecule has 0 spiro atoms. The molecule has 1 N–H and O–H groups in total. The molecule has 0 atom stereocenters. The fourth-order valence-electron chi connectivity index (χ4n) is 2.45. The molecular weight excluding hydrogens is 338 g/mol. The zero-order valence-corrected chi connectivity index (χ0v) is 14.5. The van der Waals surface area contributed by atoms with Crippen molar-refractivity contribution in [3.8, 4) is 11.4 Å². The lowest BCUT2D eigenvalue weighted by Crippen LogP contribution is -2.28. The summed E-state index contributed by atoms with van der Waals surface area (Å²) < 4.78 is 7.26. The highest BCUT2D eigenvalue weighted by atomic mass is 35.5. The molecule has 1 aromatic heterocycles. The second-order valence-corrected chi connectivity index (χ2v) is 5.89. The smallest absolute Gasteiger partial charge is 0.254 e. The quantitative estimate of drug-likeness (QED) is 0.687. The summed E-state index contributed by atoms with van der Waals surface area (Å²) in [6.07, 6.45) is 1.56. The molecule has 128 valence electrons. The molecule has 25 heavy (non-hydrogen) atoms. The van der Waals surface area contributed by atoms with Crippen LogP contribution in [0.2, 0.25) is 5.02 Å². The Kier molecular flexibility index (Phi) is 5.36. The van der Waals surface area contributed by atoms with Crippen molar-refractivity contribution in [2.45, 2.75) is 6.92 Å². The van der Waals surface area contributed by atoms with E-state index in [9.17, 15) is 4.79 Å². The van der Waals surface area contributed by atoms with E-state index in [0.717, 1.165) is 17.1 Å². The van der Waals surface area contributed by atoms with Crippen molar-refractivity contribution in [1.82, 2.24) is 15.1 Å². The predicted molar refractivity (Wildman–Crippen MR) is 97.6 cm³/mol. The van der Waals surface area contributed by atoms with E-state index in [4.69, 9.17) is 16.3 Å². The zero-order chi connectivity index (χ0) is 17.6. The Bertz CT molecular complexity index is 862. The van der Waals surface area contributed by atoms with Gasteiger partial charge in [0.2, 0.25) is 0 Å². The molecule has 5 nitrogen and oxygen atoms in total. The Balaban J connectivity index is 1.59. The van der Waals surface area contributed by atoms with E-state index in [-0.39, 0.29) is 5.91 Å². The molecule has 3 rings (SSSR count). The van der Waals surface area contributed by atoms with Crippen LogP contribution >= 0.6 is 11.6 Å². The second kappa shape index (κ2) is 7.85. The number of carbonyl (C=O) groups excluding carboxylic acids is 1. The molecule has 0 unspecified atom stereocenters. The molecule has 1 heterocycles. The van der Waals surface area contributed by atoms with E-state index in [1.54, 1.807) is 23.0 Å². The third-order valence-corrected chi connectivity index (χ3v) is 3.94. The van der Waals surface area contributed by atoms with Crippen molar-refractivity contribution in [1.29, 1.82) is 0 Å². The van der Waals surface area contributed by atoms with Gasteiger partial charge in [-0.1, -0.05) is 35.9 Å². The number of nitrogens with one attached hydrogen (secondary N) is 1. The number of hydrogen-bond acceptors (Lipinski definition) is 3. The average Bonchev–Trinajstić information content (AvgIpc) is 3.01. The standard InChI is InChI=1S/C19H18ClN3O2/c1-14-18(13-22-23(14)16-7-5-6-15(20)12-16)19(24)21-10-11-25-17-8-3-2-4-9-17/h2-9,12-13H,10-11H2,1H3,(H,21,24). The van der Waals surface area contributed by atoms with Gasteiger partial charge in [0.25, 0.3) is 5.91 Å². The van der Waals surface area contributed by atoms with Crippen molar-refractivity contribution < 1.29 is 9.53 Å². The molecular formula is C19H18ClN3O2. The first-order valence-electron chi connectivity index (χ1n) is 7.92. The lowest BCUT2D eigenvalue weighted by Gasteiger charge is -2.08. The maximum Gasteiger partial charge on any atom is 0.254 e. The van der Waals surface area contributed by atoms with E-state index in [2.05, 4.69) is 10.4 Å². The van der Waals surface area contributed by atoms with Gasteiger partial charge in [-0.15, -0.1) is 0 Å². The van der Waals surface area contributed by atoms with Crippen LogP contribution in [-0.2, 0) is 0 Å². The van der Waals surface area contributed by atoms with Crippen LogP contribution in [0.1, 0.15) is 16.1 Å². The van der Waals surface area contributed by atoms with Crippen LogP contribution < -0.4 is 10.1 Å². The maximum atomic E-state index is 12.3. The highest BCUT2D eigenvalue weighted by Crippen LogP contribution is 2.18. The summed E-state index contributed by atoms with van der Waals surface area (Å²) in [5.74, 6) is 0.601. The van der Waals surface area contributed by atoms with Crippen molar-refractivity contribution in [2.24, 2.45) is 0 Å². The maximum absolute atomic E-state index is 12.3. The van der Waals surface area contributed by atoms with Crippen molar-refractivity contribution in [3.05, 3.63) is 77.1 Å². The number of hydrogen-bond donors (Lipinski definition) is 1. The Morgan fingerprint density at radius 3 is 2.76 bits per heavy atom. The first-order chi connectivity index (χ1) is 12.1. The minimum absolute atomic E-state index is 0.178. The number of para-hydroxylation sites is 1. The van der Waals surface area contributed by atoms with E-state index in [0.29, 0.717) is 23.7 Å². The Morgan fingerprint density at radius 1 is 1.20 bits per heavy atom. The van der Waals surface area contributed by atoms with E-state index < -0.39 is 0 Å². The molecule has 0 aliphatic carbocycles. The number of rotatable bonds is 6. The molecule has 0 aliphatic heterocycles. The van der Waals surface area contributed by atoms with Crippen LogP contribution in [0.4, 0.5) is 0 Å². The molecule has 0 saturated heterocycles. The topological polar surface area (TPSA) is 56.1 Å². The summed E-state index contributed by atoms with van der Waals surface area (Å²) in [7, 11) is 0. The number of nitrogens with zero attached hydrogens (tertiary/aromatic N) is 2. The summed E-state index contributed by atoms with van der Waals surface area (Å²) in [4.78, 5) is 12.3. The number of benzene rings is 2. The number of carbonyl (C=O) groups is 1. The number of amides is 1. The third-order valence-electron chi connectivity index (χ3n) is 3.71. The van der Waals surface area contributed by atoms with Gasteiger partial charge < -0.3 is 10.1 Å². The van der Waals surface area contributed by atoms with Crippen LogP contribution in [-0.4, -0.2) is 28.8 Å². The van der Waals surface area contributed by atoms with E-state index in [1.807, 2.05) is 49.4 Å². The van der Waals surface area contributed by atoms with E-state index >= 15 is 0 Å². The fourth-order valence-corrected chi connectivity index (χ4v) is 2.63. The fraction of sp³-hybridized carbons (Fsp3) is 0.158. The summed E-state index contributed by atoms with van der Waals surface area (Å²) >= 11 is 6.02. The van der Waals surface area contributed by atoms with Gasteiger partial charge >= 0.3 is 0 Å². The minimum atomic E-state index is -0.178. The molecule has 0 bridgehead atoms. The molecule has 3 aromatic rings. The normalized spacial score (nSPS) is 10.5. The number of halogens is 1. The molecule has 0 fully saturated rings. The first-order valence-corrected chi connectivity index (χ1v) is 8.29. The number of ether oxygens (including phenoxy) is 1. The van der Waals surface area contributed by atoms with Crippen molar-refractivity contribution in [2.75, 3.05) is 13.2 Å². The van der Waals surface area contributed by atoms with Crippen LogP contribution in [0.5, 0.6) is 5.75 Å². The predicted octanol–water partition coefficient (Wildman–Crippen LogP) is 3.64. The first kappa shape index (κ1) is 17.0. The second-order valence-electron chi connectivity index (χ2n) is 5.45. The average molecular weight is 356 g/mol. The Hall–Kier alpha value is -2.79. The van der Waals surface area contributed by atoms with Crippen LogP contribution in [0.15, 0.2) is 60.8 Å². The minimum Gasteiger partial charge on any atom is -0.492 e. The molecule has 0 radical (unpaired) electrons. The lowest BCUT2D eigenvalue weighted by molar-refractivity contribution is 0.0946. The molecule has 0 saturated carbocycles. The molecule has 2 aromatic carbocycles. The van der Waals surface area contributed by atoms with Gasteiger partial charge in [-0.3, -0.25) is 4.79 Å². The van der Waals surface area contributed by atoms with Gasteiger partial charge in [-0.05, 0) is 37.3 Å². The Labute approximate surface area is 151 Å². The van der Waals surface area contributed by atoms with Crippen LogP contribution in [0.25, 0.3) is 5.69 Å². The summed E-state index contributed by atoms with van der Waals surface area (Å²) in [6.45, 7) is 2.66.